The number of hydrogen-bond acceptors (Lipinski definition) is 8. The zero-order valence-electron chi connectivity index (χ0n) is 31.5. The van der Waals surface area contributed by atoms with Gasteiger partial charge in [0.1, 0.15) is 24.4 Å². The van der Waals surface area contributed by atoms with E-state index in [2.05, 4.69) is 32.2 Å². The number of epoxide rings is 1. The molecule has 9 rings (SSSR count). The van der Waals surface area contributed by atoms with Crippen molar-refractivity contribution in [3.8, 4) is 0 Å². The van der Waals surface area contributed by atoms with Crippen LogP contribution in [-0.2, 0) is 28.5 Å². The molecule has 3 heterocycles. The van der Waals surface area contributed by atoms with Crippen LogP contribution in [0.3, 0.4) is 0 Å². The van der Waals surface area contributed by atoms with Crippen LogP contribution in [0, 0.1) is 29.1 Å². The molecule has 0 radical (unpaired) electrons. The van der Waals surface area contributed by atoms with Crippen molar-refractivity contribution in [1.82, 2.24) is 10.2 Å². The first-order valence-corrected chi connectivity index (χ1v) is 20.4. The molecule has 1 unspecified atom stereocenters. The summed E-state index contributed by atoms with van der Waals surface area (Å²) in [5, 5.41) is 12.0. The van der Waals surface area contributed by atoms with Crippen LogP contribution in [0.5, 0.6) is 0 Å². The first-order valence-electron chi connectivity index (χ1n) is 20.4. The number of esters is 1. The molecule has 2 amide bonds. The Kier molecular flexibility index (Phi) is 8.95. The van der Waals surface area contributed by atoms with Crippen LogP contribution >= 0.6 is 0 Å². The summed E-state index contributed by atoms with van der Waals surface area (Å²) in [5.41, 5.74) is 3.55. The molecule has 10 heteroatoms. The van der Waals surface area contributed by atoms with Crippen molar-refractivity contribution < 1.29 is 38.4 Å². The summed E-state index contributed by atoms with van der Waals surface area (Å²) in [6, 6.07) is 7.12. The van der Waals surface area contributed by atoms with Crippen LogP contribution in [0.4, 0.5) is 0 Å². The van der Waals surface area contributed by atoms with Gasteiger partial charge in [0.15, 0.2) is 5.79 Å². The normalized spacial score (nSPS) is 37.5. The first kappa shape index (κ1) is 35.6. The Morgan fingerprint density at radius 2 is 1.77 bits per heavy atom. The SMILES string of the molecule is CC1(C)C[C@@H]2C(=Cc3ccccc3C(=O)O[C@@H]3CC(C(=O)N4CCC[C@@H]4C(=O)NCCO)=C[C@H]4OC(C5CC5)(C5CC5)O[C@H]43)CCC3O[C@]3(C)CC[C@H]21. The van der Waals surface area contributed by atoms with Gasteiger partial charge in [0.25, 0.3) is 0 Å². The van der Waals surface area contributed by atoms with Gasteiger partial charge in [0, 0.05) is 36.9 Å². The van der Waals surface area contributed by atoms with Crippen molar-refractivity contribution in [3.05, 3.63) is 52.6 Å². The van der Waals surface area contributed by atoms with Crippen molar-refractivity contribution in [1.29, 1.82) is 0 Å². The van der Waals surface area contributed by atoms with Crippen molar-refractivity contribution in [2.45, 2.75) is 140 Å². The highest BCUT2D eigenvalue weighted by Crippen LogP contribution is 2.61. The van der Waals surface area contributed by atoms with E-state index in [0.717, 1.165) is 63.4 Å². The number of aliphatic hydroxyl groups is 1. The van der Waals surface area contributed by atoms with E-state index in [-0.39, 0.29) is 42.4 Å². The van der Waals surface area contributed by atoms with E-state index in [1.54, 1.807) is 4.90 Å². The minimum absolute atomic E-state index is 0.00453. The summed E-state index contributed by atoms with van der Waals surface area (Å²) in [4.78, 5) is 43.2. The van der Waals surface area contributed by atoms with Crippen molar-refractivity contribution in [2.24, 2.45) is 29.1 Å². The fourth-order valence-electron chi connectivity index (χ4n) is 10.7. The Labute approximate surface area is 313 Å². The molecule has 3 aliphatic heterocycles. The Morgan fingerprint density at radius 1 is 1.00 bits per heavy atom. The summed E-state index contributed by atoms with van der Waals surface area (Å²) < 4.78 is 26.4. The molecule has 8 atom stereocenters. The molecule has 4 saturated carbocycles. The van der Waals surface area contributed by atoms with Gasteiger partial charge in [0.05, 0.1) is 23.9 Å². The number of aliphatic hydroxyl groups excluding tert-OH is 1. The number of nitrogens with zero attached hydrogens (tertiary/aromatic N) is 1. The number of rotatable bonds is 9. The molecule has 2 N–H and O–H groups in total. The van der Waals surface area contributed by atoms with Gasteiger partial charge in [-0.3, -0.25) is 9.59 Å². The molecule has 286 valence electrons. The van der Waals surface area contributed by atoms with E-state index in [0.29, 0.717) is 60.3 Å². The van der Waals surface area contributed by atoms with E-state index in [1.165, 1.54) is 5.57 Å². The number of allylic oxidation sites excluding steroid dienone is 1. The maximum Gasteiger partial charge on any atom is 0.339 e. The molecule has 0 aromatic heterocycles. The molecule has 53 heavy (non-hydrogen) atoms. The lowest BCUT2D eigenvalue weighted by Crippen LogP contribution is -2.49. The molecule has 0 spiro atoms. The smallest absolute Gasteiger partial charge is 0.339 e. The van der Waals surface area contributed by atoms with E-state index in [4.69, 9.17) is 18.9 Å². The van der Waals surface area contributed by atoms with E-state index in [1.807, 2.05) is 30.3 Å². The number of carbonyl (C=O) groups excluding carboxylic acids is 3. The topological polar surface area (TPSA) is 127 Å². The molecule has 1 aromatic rings. The number of likely N-dealkylation sites (tertiary alicyclic amines) is 1. The molecule has 1 aromatic carbocycles. The second-order valence-electron chi connectivity index (χ2n) is 18.2. The van der Waals surface area contributed by atoms with Gasteiger partial charge in [0.2, 0.25) is 11.8 Å². The second kappa shape index (κ2) is 13.3. The predicted octanol–water partition coefficient (Wildman–Crippen LogP) is 5.72. The third kappa shape index (κ3) is 6.49. The van der Waals surface area contributed by atoms with Crippen LogP contribution in [0.2, 0.25) is 0 Å². The van der Waals surface area contributed by atoms with Crippen LogP contribution in [-0.4, -0.2) is 89.3 Å². The minimum atomic E-state index is -0.729. The number of nitrogens with one attached hydrogen (secondary N) is 1. The molecule has 3 saturated heterocycles. The maximum atomic E-state index is 14.4. The van der Waals surface area contributed by atoms with Gasteiger partial charge >= 0.3 is 5.97 Å². The van der Waals surface area contributed by atoms with E-state index in [9.17, 15) is 19.5 Å². The minimum Gasteiger partial charge on any atom is -0.456 e. The molecule has 10 nitrogen and oxygen atoms in total. The lowest BCUT2D eigenvalue weighted by atomic mass is 9.52. The highest BCUT2D eigenvalue weighted by Gasteiger charge is 2.65. The van der Waals surface area contributed by atoms with Crippen molar-refractivity contribution in [3.63, 3.8) is 0 Å². The van der Waals surface area contributed by atoms with Crippen LogP contribution in [0.1, 0.15) is 114 Å². The van der Waals surface area contributed by atoms with Gasteiger partial charge < -0.3 is 34.3 Å². The average molecular weight is 729 g/mol. The van der Waals surface area contributed by atoms with Gasteiger partial charge in [-0.2, -0.15) is 0 Å². The van der Waals surface area contributed by atoms with Gasteiger partial charge in [-0.1, -0.05) is 43.7 Å². The quantitative estimate of drug-likeness (QED) is 0.245. The van der Waals surface area contributed by atoms with Gasteiger partial charge in [-0.25, -0.2) is 4.79 Å². The third-order valence-corrected chi connectivity index (χ3v) is 14.1. The van der Waals surface area contributed by atoms with Crippen LogP contribution in [0.25, 0.3) is 6.08 Å². The number of amides is 2. The molecule has 8 aliphatic rings. The molecule has 0 bridgehead atoms. The Morgan fingerprint density at radius 3 is 2.51 bits per heavy atom. The molecular weight excluding hydrogens is 672 g/mol. The highest BCUT2D eigenvalue weighted by atomic mass is 16.8. The standard InChI is InChI=1S/C43H56N2O8/c1-41(2)24-31-26(10-15-36-42(3,52-36)17-16-32(31)41)21-25-7-4-5-8-30(25)40(49)50-34-22-27(39(48)45-19-6-9-33(45)38(47)44-18-20-46)23-35-37(34)53-43(51-35,28-11-12-28)29-13-14-29/h4-5,7-8,21,23,28-29,31-37,46H,6,9-20,22,24H2,1-3H3,(H,44,47)/t31-,32-,33-,34-,35-,36?,37+,42-/m1/s1. The summed E-state index contributed by atoms with van der Waals surface area (Å²) >= 11 is 0. The number of carbonyl (C=O) groups is 3. The van der Waals surface area contributed by atoms with Gasteiger partial charge in [-0.05, 0) is 113 Å². The monoisotopic (exact) mass is 728 g/mol. The lowest BCUT2D eigenvalue weighted by Gasteiger charge is -2.53. The summed E-state index contributed by atoms with van der Waals surface area (Å²) in [6.07, 6.45) is 13.6. The van der Waals surface area contributed by atoms with Gasteiger partial charge in [-0.15, -0.1) is 0 Å². The zero-order valence-corrected chi connectivity index (χ0v) is 31.5. The Balaban J connectivity index is 0.987. The van der Waals surface area contributed by atoms with Crippen molar-refractivity contribution >= 4 is 23.9 Å². The molecule has 5 aliphatic carbocycles. The van der Waals surface area contributed by atoms with E-state index < -0.39 is 36.1 Å². The third-order valence-electron chi connectivity index (χ3n) is 14.1. The number of hydrogen-bond donors (Lipinski definition) is 2. The second-order valence-corrected chi connectivity index (χ2v) is 18.2. The van der Waals surface area contributed by atoms with Crippen molar-refractivity contribution in [2.75, 3.05) is 19.7 Å². The number of benzene rings is 1. The summed E-state index contributed by atoms with van der Waals surface area (Å²) in [5.74, 6) is 0.0725. The van der Waals surface area contributed by atoms with Crippen LogP contribution < -0.4 is 5.32 Å². The zero-order chi connectivity index (χ0) is 36.7. The maximum absolute atomic E-state index is 14.4. The molecular formula is C43H56N2O8. The highest BCUT2D eigenvalue weighted by molar-refractivity contribution is 5.98. The largest absolute Gasteiger partial charge is 0.456 e. The summed E-state index contributed by atoms with van der Waals surface area (Å²) in [7, 11) is 0. The molecule has 7 fully saturated rings. The van der Waals surface area contributed by atoms with E-state index >= 15 is 0 Å². The fraction of sp³-hybridized carbons (Fsp3) is 0.698. The summed E-state index contributed by atoms with van der Waals surface area (Å²) in [6.45, 7) is 7.48. The Hall–Kier alpha value is -3.05. The van der Waals surface area contributed by atoms with Crippen LogP contribution in [0.15, 0.2) is 41.5 Å². The number of fused-ring (bicyclic) bond motifs is 3. The first-order chi connectivity index (χ1) is 25.5. The average Bonchev–Trinajstić information content (AvgIpc) is 4.10. The number of ether oxygens (including phenoxy) is 4. The predicted molar refractivity (Wildman–Crippen MR) is 196 cm³/mol. The lowest BCUT2D eigenvalue weighted by molar-refractivity contribution is -0.209. The Bertz CT molecular complexity index is 1700. The fourth-order valence-corrected chi connectivity index (χ4v) is 10.7.